The van der Waals surface area contributed by atoms with Crippen molar-refractivity contribution in [3.8, 4) is 0 Å². The molecule has 1 aromatic carbocycles. The van der Waals surface area contributed by atoms with Gasteiger partial charge in [-0.1, -0.05) is 6.07 Å². The molecule has 7 rings (SSSR count). The number of hydrogen-bond acceptors (Lipinski definition) is 9. The predicted molar refractivity (Wildman–Crippen MR) is 171 cm³/mol. The molecule has 6 heterocycles. The number of hydrogen-bond donors (Lipinski definition) is 3. The Hall–Kier alpha value is -3.42. The average molecular weight is 669 g/mol. The molecule has 4 saturated heterocycles. The number of thiophene rings is 1. The van der Waals surface area contributed by atoms with Crippen molar-refractivity contribution in [3.05, 3.63) is 52.8 Å². The number of benzene rings is 1. The van der Waals surface area contributed by atoms with Gasteiger partial charge in [0, 0.05) is 54.6 Å². The van der Waals surface area contributed by atoms with Crippen molar-refractivity contribution in [2.45, 2.75) is 62.3 Å². The van der Waals surface area contributed by atoms with Gasteiger partial charge in [0.2, 0.25) is 11.8 Å². The number of carbonyl (C=O) groups is 3. The molecule has 0 spiro atoms. The van der Waals surface area contributed by atoms with E-state index in [4.69, 9.17) is 4.74 Å². The Morgan fingerprint density at radius 1 is 1.09 bits per heavy atom. The summed E-state index contributed by atoms with van der Waals surface area (Å²) < 4.78 is 17.7. The summed E-state index contributed by atoms with van der Waals surface area (Å²) in [6.45, 7) is 3.93. The van der Waals surface area contributed by atoms with Crippen LogP contribution in [0.2, 0.25) is 0 Å². The first kappa shape index (κ1) is 31.2. The van der Waals surface area contributed by atoms with Crippen LogP contribution in [0, 0.1) is 0 Å². The van der Waals surface area contributed by atoms with Crippen molar-refractivity contribution in [2.24, 2.45) is 0 Å². The molecule has 3 N–H and O–H groups in total. The maximum Gasteiger partial charge on any atom is 0.329 e. The third kappa shape index (κ3) is 6.28. The molecule has 4 aliphatic heterocycles. The van der Waals surface area contributed by atoms with Crippen LogP contribution in [0.5, 0.6) is 0 Å². The van der Waals surface area contributed by atoms with Crippen LogP contribution >= 0.6 is 18.9 Å². The normalized spacial score (nSPS) is 24.1. The topological polar surface area (TPSA) is 165 Å². The molecule has 4 aliphatic rings. The van der Waals surface area contributed by atoms with Gasteiger partial charge < -0.3 is 34.5 Å². The summed E-state index contributed by atoms with van der Waals surface area (Å²) in [5.74, 6) is 0.404. The highest BCUT2D eigenvalue weighted by molar-refractivity contribution is 7.50. The van der Waals surface area contributed by atoms with Crippen LogP contribution in [-0.4, -0.2) is 105 Å². The Kier molecular flexibility index (Phi) is 8.58. The number of nitrogens with zero attached hydrogens (tertiary/aromatic N) is 5. The van der Waals surface area contributed by atoms with E-state index in [9.17, 15) is 28.7 Å². The number of rotatable bonds is 7. The molecule has 2 aromatic heterocycles. The first-order valence-corrected chi connectivity index (χ1v) is 18.4. The Balaban J connectivity index is 1.01. The summed E-state index contributed by atoms with van der Waals surface area (Å²) in [6, 6.07) is 5.47. The third-order valence-electron chi connectivity index (χ3n) is 9.53. The van der Waals surface area contributed by atoms with Gasteiger partial charge in [-0.05, 0) is 61.3 Å². The van der Waals surface area contributed by atoms with Crippen LogP contribution in [0.1, 0.15) is 58.8 Å². The smallest absolute Gasteiger partial charge is 0.329 e. The van der Waals surface area contributed by atoms with Crippen molar-refractivity contribution in [1.29, 1.82) is 0 Å². The molecule has 0 radical (unpaired) electrons. The Labute approximate surface area is 270 Å². The molecule has 3 atom stereocenters. The maximum atomic E-state index is 13.9. The van der Waals surface area contributed by atoms with Gasteiger partial charge >= 0.3 is 7.60 Å². The third-order valence-corrected chi connectivity index (χ3v) is 11.4. The van der Waals surface area contributed by atoms with Crippen LogP contribution in [0.4, 0.5) is 5.82 Å². The highest BCUT2D eigenvalue weighted by atomic mass is 32.1. The Bertz CT molecular complexity index is 1700. The first-order valence-electron chi connectivity index (χ1n) is 15.8. The fourth-order valence-electron chi connectivity index (χ4n) is 7.23. The Morgan fingerprint density at radius 3 is 2.67 bits per heavy atom. The van der Waals surface area contributed by atoms with E-state index in [0.29, 0.717) is 55.0 Å². The number of fused-ring (bicyclic) bond motifs is 2. The van der Waals surface area contributed by atoms with E-state index in [1.165, 1.54) is 11.3 Å². The van der Waals surface area contributed by atoms with Crippen molar-refractivity contribution in [2.75, 3.05) is 44.3 Å². The molecule has 3 amide bonds. The van der Waals surface area contributed by atoms with E-state index in [1.54, 1.807) is 35.5 Å². The molecule has 0 aliphatic carbocycles. The minimum atomic E-state index is -4.22. The molecular formula is C31H37N6O7PS. The second kappa shape index (κ2) is 12.6. The lowest BCUT2D eigenvalue weighted by Gasteiger charge is -2.43. The minimum absolute atomic E-state index is 0.0207. The molecule has 46 heavy (non-hydrogen) atoms. The Morgan fingerprint density at radius 2 is 1.89 bits per heavy atom. The van der Waals surface area contributed by atoms with E-state index in [0.717, 1.165) is 48.4 Å². The second-order valence-electron chi connectivity index (χ2n) is 12.6. The van der Waals surface area contributed by atoms with E-state index >= 15 is 0 Å². The predicted octanol–water partition coefficient (Wildman–Crippen LogP) is 2.47. The van der Waals surface area contributed by atoms with Crippen molar-refractivity contribution < 1.29 is 33.5 Å². The van der Waals surface area contributed by atoms with Crippen LogP contribution in [-0.2, 0) is 25.1 Å². The van der Waals surface area contributed by atoms with Gasteiger partial charge in [0.25, 0.3) is 5.91 Å². The quantitative estimate of drug-likeness (QED) is 0.319. The van der Waals surface area contributed by atoms with E-state index in [1.807, 2.05) is 11.1 Å². The number of aromatic nitrogens is 2. The molecule has 0 bridgehead atoms. The summed E-state index contributed by atoms with van der Waals surface area (Å²) in [7, 11) is -4.22. The zero-order chi connectivity index (χ0) is 32.0. The first-order chi connectivity index (χ1) is 22.1. The lowest BCUT2D eigenvalue weighted by atomic mass is 9.91. The minimum Gasteiger partial charge on any atom is -0.378 e. The summed E-state index contributed by atoms with van der Waals surface area (Å²) in [5.41, 5.74) is 1.52. The van der Waals surface area contributed by atoms with E-state index in [-0.39, 0.29) is 35.8 Å². The SMILES string of the molecule is O=C(N[C@H]1CCC[C@H]2CC[C@@H](C(=O)N3CC(c4cncnc4N4CCOCC4)C3)N2C1=O)c1cc2cc(CP(=O)(O)O)ccc2s1. The van der Waals surface area contributed by atoms with Gasteiger partial charge in [-0.25, -0.2) is 9.97 Å². The van der Waals surface area contributed by atoms with Gasteiger partial charge in [-0.15, -0.1) is 11.3 Å². The van der Waals surface area contributed by atoms with Crippen LogP contribution < -0.4 is 10.2 Å². The zero-order valence-corrected chi connectivity index (χ0v) is 27.0. The number of ether oxygens (including phenoxy) is 1. The molecule has 0 saturated carbocycles. The van der Waals surface area contributed by atoms with Crippen LogP contribution in [0.15, 0.2) is 36.8 Å². The number of morpholine rings is 1. The number of amides is 3. The number of nitrogens with one attached hydrogen (secondary N) is 1. The summed E-state index contributed by atoms with van der Waals surface area (Å²) in [6.07, 6.45) is 6.46. The van der Waals surface area contributed by atoms with Crippen LogP contribution in [0.3, 0.4) is 0 Å². The summed E-state index contributed by atoms with van der Waals surface area (Å²) in [4.78, 5) is 74.7. The lowest BCUT2D eigenvalue weighted by molar-refractivity contribution is -0.148. The van der Waals surface area contributed by atoms with Gasteiger partial charge in [0.15, 0.2) is 0 Å². The molecule has 0 unspecified atom stereocenters. The van der Waals surface area contributed by atoms with Crippen molar-refractivity contribution >= 4 is 52.6 Å². The molecule has 15 heteroatoms. The van der Waals surface area contributed by atoms with E-state index in [2.05, 4.69) is 20.2 Å². The monoisotopic (exact) mass is 668 g/mol. The standard InChI is InChI=1S/C31H37N6O7PS/c38-29(27-13-20-12-19(17-45(41,42)43)4-7-26(20)46-27)34-24-3-1-2-22-5-6-25(37(22)30(24)39)31(40)36-15-21(16-36)23-14-32-18-33-28(23)35-8-10-44-11-9-35/h4,7,12-14,18,21-22,24-25H,1-3,5-6,8-11,15-17H2,(H,34,38)(H2,41,42,43)/t22-,24-,25-/m0/s1. The maximum absolute atomic E-state index is 13.9. The molecule has 3 aromatic rings. The number of anilines is 1. The molecule has 4 fully saturated rings. The second-order valence-corrected chi connectivity index (χ2v) is 15.3. The van der Waals surface area contributed by atoms with Gasteiger partial charge in [-0.2, -0.15) is 0 Å². The fraction of sp³-hybridized carbons (Fsp3) is 0.516. The zero-order valence-electron chi connectivity index (χ0n) is 25.3. The fourth-order valence-corrected chi connectivity index (χ4v) is 8.85. The van der Waals surface area contributed by atoms with Crippen LogP contribution in [0.25, 0.3) is 10.1 Å². The summed E-state index contributed by atoms with van der Waals surface area (Å²) >= 11 is 1.26. The van der Waals surface area contributed by atoms with Crippen molar-refractivity contribution in [3.63, 3.8) is 0 Å². The van der Waals surface area contributed by atoms with Gasteiger partial charge in [0.05, 0.1) is 24.3 Å². The lowest BCUT2D eigenvalue weighted by Crippen LogP contribution is -2.58. The molecule has 13 nitrogen and oxygen atoms in total. The molecule has 244 valence electrons. The highest BCUT2D eigenvalue weighted by Gasteiger charge is 2.48. The number of carbonyl (C=O) groups excluding carboxylic acids is 3. The largest absolute Gasteiger partial charge is 0.378 e. The highest BCUT2D eigenvalue weighted by Crippen LogP contribution is 2.40. The molecular weight excluding hydrogens is 631 g/mol. The van der Waals surface area contributed by atoms with Gasteiger partial charge in [0.1, 0.15) is 24.2 Å². The van der Waals surface area contributed by atoms with E-state index < -0.39 is 19.7 Å². The number of likely N-dealkylation sites (tertiary alicyclic amines) is 1. The average Bonchev–Trinajstić information content (AvgIpc) is 3.60. The summed E-state index contributed by atoms with van der Waals surface area (Å²) in [5, 5.41) is 3.65. The van der Waals surface area contributed by atoms with Gasteiger partial charge in [-0.3, -0.25) is 18.9 Å². The van der Waals surface area contributed by atoms with Crippen molar-refractivity contribution in [1.82, 2.24) is 25.1 Å².